The zero-order chi connectivity index (χ0) is 14.5. The third kappa shape index (κ3) is 3.30. The Balaban J connectivity index is 1.96. The van der Waals surface area contributed by atoms with Crippen molar-refractivity contribution in [3.8, 4) is 0 Å². The number of carboxylic acids is 1. The van der Waals surface area contributed by atoms with E-state index in [0.717, 1.165) is 25.6 Å². The molecule has 0 radical (unpaired) electrons. The highest BCUT2D eigenvalue weighted by molar-refractivity contribution is 5.92. The summed E-state index contributed by atoms with van der Waals surface area (Å²) in [6, 6.07) is 0. The molecule has 1 aliphatic heterocycles. The van der Waals surface area contributed by atoms with Crippen molar-refractivity contribution in [2.75, 3.05) is 26.8 Å². The second-order valence-electron chi connectivity index (χ2n) is 4.78. The largest absolute Gasteiger partial charge is 0.476 e. The Morgan fingerprint density at radius 1 is 1.30 bits per heavy atom. The molecule has 2 rings (SSSR count). The second kappa shape index (κ2) is 6.42. The Kier molecular flexibility index (Phi) is 4.62. The van der Waals surface area contributed by atoms with E-state index >= 15 is 0 Å². The molecule has 7 nitrogen and oxygen atoms in total. The fraction of sp³-hybridized carbons (Fsp3) is 0.538. The highest BCUT2D eigenvalue weighted by Crippen LogP contribution is 2.18. The van der Waals surface area contributed by atoms with Gasteiger partial charge in [-0.05, 0) is 18.8 Å². The zero-order valence-electron chi connectivity index (χ0n) is 11.3. The fourth-order valence-electron chi connectivity index (χ4n) is 2.25. The van der Waals surface area contributed by atoms with E-state index in [1.54, 1.807) is 12.0 Å². The number of nitrogens with zero attached hydrogens (tertiary/aromatic N) is 3. The van der Waals surface area contributed by atoms with Crippen molar-refractivity contribution in [2.45, 2.75) is 12.8 Å². The standard InChI is InChI=1S/C13H17N3O4/c1-20-8-9-2-4-16(5-3-9)12(17)10-6-15-11(7-14-10)13(18)19/h6-7,9H,2-5,8H2,1H3,(H,18,19). The quantitative estimate of drug-likeness (QED) is 0.871. The van der Waals surface area contributed by atoms with E-state index in [0.29, 0.717) is 19.0 Å². The molecule has 1 saturated heterocycles. The SMILES string of the molecule is COCC1CCN(C(=O)c2cnc(C(=O)O)cn2)CC1. The van der Waals surface area contributed by atoms with E-state index < -0.39 is 5.97 Å². The van der Waals surface area contributed by atoms with Gasteiger partial charge in [0.2, 0.25) is 0 Å². The molecule has 0 aliphatic carbocycles. The van der Waals surface area contributed by atoms with E-state index in [1.807, 2.05) is 0 Å². The molecular weight excluding hydrogens is 262 g/mol. The Bertz CT molecular complexity index is 481. The number of carboxylic acid groups (broad SMARTS) is 1. The topological polar surface area (TPSA) is 92.6 Å². The molecule has 108 valence electrons. The number of hydrogen-bond acceptors (Lipinski definition) is 5. The molecular formula is C13H17N3O4. The lowest BCUT2D eigenvalue weighted by atomic mass is 9.97. The van der Waals surface area contributed by atoms with Crippen molar-refractivity contribution < 1.29 is 19.4 Å². The lowest BCUT2D eigenvalue weighted by Crippen LogP contribution is -2.39. The van der Waals surface area contributed by atoms with Crippen LogP contribution in [-0.4, -0.2) is 58.7 Å². The maximum absolute atomic E-state index is 12.2. The minimum Gasteiger partial charge on any atom is -0.476 e. The van der Waals surface area contributed by atoms with Gasteiger partial charge >= 0.3 is 5.97 Å². The number of aromatic nitrogens is 2. The van der Waals surface area contributed by atoms with Gasteiger partial charge in [-0.25, -0.2) is 14.8 Å². The van der Waals surface area contributed by atoms with Gasteiger partial charge in [-0.2, -0.15) is 0 Å². The number of carbonyl (C=O) groups excluding carboxylic acids is 1. The highest BCUT2D eigenvalue weighted by Gasteiger charge is 2.24. The molecule has 1 fully saturated rings. The molecule has 2 heterocycles. The normalized spacial score (nSPS) is 16.1. The lowest BCUT2D eigenvalue weighted by molar-refractivity contribution is 0.0605. The van der Waals surface area contributed by atoms with E-state index in [1.165, 1.54) is 6.20 Å². The average Bonchev–Trinajstić information content (AvgIpc) is 2.48. The summed E-state index contributed by atoms with van der Waals surface area (Å²) in [4.78, 5) is 32.2. The van der Waals surface area contributed by atoms with Crippen molar-refractivity contribution >= 4 is 11.9 Å². The van der Waals surface area contributed by atoms with Gasteiger partial charge in [0, 0.05) is 26.8 Å². The number of amides is 1. The predicted molar refractivity (Wildman–Crippen MR) is 69.5 cm³/mol. The summed E-state index contributed by atoms with van der Waals surface area (Å²) in [5, 5.41) is 8.73. The molecule has 0 atom stereocenters. The van der Waals surface area contributed by atoms with Gasteiger partial charge in [-0.1, -0.05) is 0 Å². The van der Waals surface area contributed by atoms with Crippen LogP contribution >= 0.6 is 0 Å². The zero-order valence-corrected chi connectivity index (χ0v) is 11.3. The van der Waals surface area contributed by atoms with Gasteiger partial charge in [0.15, 0.2) is 5.69 Å². The summed E-state index contributed by atoms with van der Waals surface area (Å²) in [7, 11) is 1.68. The van der Waals surface area contributed by atoms with Gasteiger partial charge in [0.25, 0.3) is 5.91 Å². The first kappa shape index (κ1) is 14.4. The second-order valence-corrected chi connectivity index (χ2v) is 4.78. The lowest BCUT2D eigenvalue weighted by Gasteiger charge is -2.31. The highest BCUT2D eigenvalue weighted by atomic mass is 16.5. The molecule has 1 N–H and O–H groups in total. The molecule has 0 unspecified atom stereocenters. The van der Waals surface area contributed by atoms with E-state index in [4.69, 9.17) is 9.84 Å². The molecule has 0 bridgehead atoms. The van der Waals surface area contributed by atoms with Gasteiger partial charge in [-0.15, -0.1) is 0 Å². The first-order chi connectivity index (χ1) is 9.61. The molecule has 0 saturated carbocycles. The van der Waals surface area contributed by atoms with Crippen molar-refractivity contribution in [1.82, 2.24) is 14.9 Å². The summed E-state index contributed by atoms with van der Waals surface area (Å²) >= 11 is 0. The molecule has 7 heteroatoms. The number of ether oxygens (including phenoxy) is 1. The summed E-state index contributed by atoms with van der Waals surface area (Å²) in [5.41, 5.74) is 0.0144. The van der Waals surface area contributed by atoms with Crippen LogP contribution in [0.15, 0.2) is 12.4 Å². The minimum atomic E-state index is -1.16. The predicted octanol–water partition coefficient (Wildman–Crippen LogP) is 0.673. The van der Waals surface area contributed by atoms with Crippen LogP contribution in [0.4, 0.5) is 0 Å². The molecule has 0 aromatic carbocycles. The first-order valence-corrected chi connectivity index (χ1v) is 6.45. The van der Waals surface area contributed by atoms with Crippen LogP contribution in [-0.2, 0) is 4.74 Å². The summed E-state index contributed by atoms with van der Waals surface area (Å²) in [5.74, 6) is -0.869. The van der Waals surface area contributed by atoms with E-state index in [9.17, 15) is 9.59 Å². The Hall–Kier alpha value is -2.02. The van der Waals surface area contributed by atoms with E-state index in [-0.39, 0.29) is 17.3 Å². The average molecular weight is 279 g/mol. The van der Waals surface area contributed by atoms with E-state index in [2.05, 4.69) is 9.97 Å². The summed E-state index contributed by atoms with van der Waals surface area (Å²) < 4.78 is 5.12. The van der Waals surface area contributed by atoms with Gasteiger partial charge in [-0.3, -0.25) is 4.79 Å². The van der Waals surface area contributed by atoms with Crippen LogP contribution < -0.4 is 0 Å². The molecule has 1 amide bonds. The van der Waals surface area contributed by atoms with Crippen LogP contribution in [0.5, 0.6) is 0 Å². The third-order valence-electron chi connectivity index (χ3n) is 3.39. The maximum atomic E-state index is 12.2. The fourth-order valence-corrected chi connectivity index (χ4v) is 2.25. The van der Waals surface area contributed by atoms with Gasteiger partial charge in [0.1, 0.15) is 5.69 Å². The molecule has 1 aliphatic rings. The summed E-state index contributed by atoms with van der Waals surface area (Å²) in [6.07, 6.45) is 4.13. The van der Waals surface area contributed by atoms with Crippen molar-refractivity contribution in [3.05, 3.63) is 23.8 Å². The van der Waals surface area contributed by atoms with Crippen LogP contribution in [0, 0.1) is 5.92 Å². The molecule has 0 spiro atoms. The Labute approximate surface area is 116 Å². The number of hydrogen-bond donors (Lipinski definition) is 1. The number of carbonyl (C=O) groups is 2. The number of rotatable bonds is 4. The van der Waals surface area contributed by atoms with Crippen molar-refractivity contribution in [2.24, 2.45) is 5.92 Å². The number of piperidine rings is 1. The van der Waals surface area contributed by atoms with Crippen LogP contribution in [0.2, 0.25) is 0 Å². The third-order valence-corrected chi connectivity index (χ3v) is 3.39. The van der Waals surface area contributed by atoms with Crippen molar-refractivity contribution in [3.63, 3.8) is 0 Å². The van der Waals surface area contributed by atoms with Gasteiger partial charge in [0.05, 0.1) is 12.4 Å². The summed E-state index contributed by atoms with van der Waals surface area (Å²) in [6.45, 7) is 2.04. The molecule has 1 aromatic rings. The van der Waals surface area contributed by atoms with Gasteiger partial charge < -0.3 is 14.7 Å². The van der Waals surface area contributed by atoms with Crippen LogP contribution in [0.25, 0.3) is 0 Å². The maximum Gasteiger partial charge on any atom is 0.356 e. The number of methoxy groups -OCH3 is 1. The molecule has 20 heavy (non-hydrogen) atoms. The van der Waals surface area contributed by atoms with Crippen LogP contribution in [0.3, 0.4) is 0 Å². The first-order valence-electron chi connectivity index (χ1n) is 6.45. The Morgan fingerprint density at radius 3 is 2.40 bits per heavy atom. The molecule has 1 aromatic heterocycles. The monoisotopic (exact) mass is 279 g/mol. The smallest absolute Gasteiger partial charge is 0.356 e. The van der Waals surface area contributed by atoms with Crippen molar-refractivity contribution in [1.29, 1.82) is 0 Å². The number of aromatic carboxylic acids is 1. The van der Waals surface area contributed by atoms with Crippen LogP contribution in [0.1, 0.15) is 33.8 Å². The Morgan fingerprint density at radius 2 is 1.90 bits per heavy atom. The minimum absolute atomic E-state index is 0.166. The number of likely N-dealkylation sites (tertiary alicyclic amines) is 1.